The first-order valence-electron chi connectivity index (χ1n) is 11.9. The van der Waals surface area contributed by atoms with E-state index in [1.54, 1.807) is 0 Å². The summed E-state index contributed by atoms with van der Waals surface area (Å²) in [6, 6.07) is 31.4. The molecule has 0 atom stereocenters. The van der Waals surface area contributed by atoms with Crippen molar-refractivity contribution in [1.82, 2.24) is 4.57 Å². The third-order valence-electron chi connectivity index (χ3n) is 6.08. The van der Waals surface area contributed by atoms with Gasteiger partial charge in [0, 0.05) is 27.0 Å². The van der Waals surface area contributed by atoms with E-state index in [0.29, 0.717) is 12.8 Å². The van der Waals surface area contributed by atoms with Gasteiger partial charge in [-0.3, -0.25) is 9.59 Å². The quantitative estimate of drug-likeness (QED) is 0.239. The molecule has 36 heavy (non-hydrogen) atoms. The van der Waals surface area contributed by atoms with Crippen LogP contribution in [-0.4, -0.2) is 30.7 Å². The number of carbonyl (C=O) groups excluding carboxylic acids is 2. The van der Waals surface area contributed by atoms with E-state index in [-0.39, 0.29) is 24.8 Å². The second kappa shape index (κ2) is 12.3. The molecule has 0 saturated carbocycles. The highest BCUT2D eigenvalue weighted by Crippen LogP contribution is 2.35. The number of ether oxygens (including phenoxy) is 2. The molecule has 1 aromatic heterocycles. The van der Waals surface area contributed by atoms with E-state index in [9.17, 15) is 9.59 Å². The lowest BCUT2D eigenvalue weighted by molar-refractivity contribution is -0.141. The third kappa shape index (κ3) is 5.92. The summed E-state index contributed by atoms with van der Waals surface area (Å²) in [7, 11) is 1.97. The Morgan fingerprint density at radius 2 is 1.17 bits per heavy atom. The van der Waals surface area contributed by atoms with Crippen molar-refractivity contribution in [1.29, 1.82) is 0 Å². The molecule has 0 aliphatic heterocycles. The number of aromatic nitrogens is 1. The average molecular weight is 500 g/mol. The van der Waals surface area contributed by atoms with Gasteiger partial charge in [-0.25, -0.2) is 0 Å². The van der Waals surface area contributed by atoms with Gasteiger partial charge in [-0.15, -0.1) is 0 Å². The smallest absolute Gasteiger partial charge is 0.305 e. The standard InChI is InChI=1S/C30H30NO4P/c1-34-28(32)20-18-23-11-9-12-24(19-21-29(33)35-2)30(23)31-22-10-17-27(31)36(25-13-5-3-6-14-25)26-15-7-4-8-16-26/h3-17,22H,18-21H2,1-2H3. The summed E-state index contributed by atoms with van der Waals surface area (Å²) >= 11 is 0. The van der Waals surface area contributed by atoms with Gasteiger partial charge in [-0.2, -0.15) is 0 Å². The second-order valence-electron chi connectivity index (χ2n) is 8.32. The number of esters is 2. The van der Waals surface area contributed by atoms with E-state index in [4.69, 9.17) is 9.47 Å². The molecule has 3 aromatic carbocycles. The molecule has 0 bridgehead atoms. The van der Waals surface area contributed by atoms with Crippen molar-refractivity contribution in [3.05, 3.63) is 108 Å². The van der Waals surface area contributed by atoms with Crippen molar-refractivity contribution in [2.45, 2.75) is 25.7 Å². The zero-order chi connectivity index (χ0) is 25.3. The Kier molecular flexibility index (Phi) is 8.70. The summed E-state index contributed by atoms with van der Waals surface area (Å²) in [5.41, 5.74) is 4.27. The fraction of sp³-hybridized carbons (Fsp3) is 0.200. The Bertz CT molecular complexity index is 1220. The molecule has 0 spiro atoms. The van der Waals surface area contributed by atoms with Crippen molar-refractivity contribution >= 4 is 35.9 Å². The van der Waals surface area contributed by atoms with E-state index in [0.717, 1.165) is 16.8 Å². The molecule has 1 heterocycles. The Morgan fingerprint density at radius 1 is 0.667 bits per heavy atom. The molecular formula is C30H30NO4P. The van der Waals surface area contributed by atoms with Crippen molar-refractivity contribution < 1.29 is 19.1 Å². The molecule has 0 fully saturated rings. The summed E-state index contributed by atoms with van der Waals surface area (Å²) in [5.74, 6) is -0.492. The van der Waals surface area contributed by atoms with Gasteiger partial charge in [0.1, 0.15) is 0 Å². The van der Waals surface area contributed by atoms with Crippen LogP contribution in [0.1, 0.15) is 24.0 Å². The molecule has 4 aromatic rings. The highest BCUT2D eigenvalue weighted by Gasteiger charge is 2.23. The highest BCUT2D eigenvalue weighted by molar-refractivity contribution is 7.79. The lowest BCUT2D eigenvalue weighted by atomic mass is 9.99. The first-order chi connectivity index (χ1) is 17.6. The van der Waals surface area contributed by atoms with Crippen LogP contribution in [0.15, 0.2) is 97.2 Å². The molecule has 5 nitrogen and oxygen atoms in total. The largest absolute Gasteiger partial charge is 0.469 e. The topological polar surface area (TPSA) is 57.5 Å². The Balaban J connectivity index is 1.86. The van der Waals surface area contributed by atoms with Crippen LogP contribution in [0.2, 0.25) is 0 Å². The molecule has 0 aliphatic carbocycles. The van der Waals surface area contributed by atoms with E-state index in [1.165, 1.54) is 30.3 Å². The fourth-order valence-electron chi connectivity index (χ4n) is 4.35. The summed E-state index contributed by atoms with van der Waals surface area (Å²) in [6.45, 7) is 0. The maximum Gasteiger partial charge on any atom is 0.305 e. The van der Waals surface area contributed by atoms with Crippen LogP contribution in [0.4, 0.5) is 0 Å². The molecule has 0 amide bonds. The number of aryl methyl sites for hydroxylation is 2. The predicted octanol–water partition coefficient (Wildman–Crippen LogP) is 4.45. The molecule has 0 radical (unpaired) electrons. The van der Waals surface area contributed by atoms with E-state index in [2.05, 4.69) is 83.6 Å². The summed E-state index contributed by atoms with van der Waals surface area (Å²) in [6.07, 6.45) is 3.73. The van der Waals surface area contributed by atoms with Gasteiger partial charge in [0.25, 0.3) is 0 Å². The molecule has 0 unspecified atom stereocenters. The van der Waals surface area contributed by atoms with Crippen LogP contribution in [0, 0.1) is 0 Å². The minimum atomic E-state index is -0.848. The number of methoxy groups -OCH3 is 2. The number of benzene rings is 3. The summed E-state index contributed by atoms with van der Waals surface area (Å²) < 4.78 is 12.0. The number of hydrogen-bond donors (Lipinski definition) is 0. The number of para-hydroxylation sites is 1. The van der Waals surface area contributed by atoms with Gasteiger partial charge in [0.15, 0.2) is 0 Å². The average Bonchev–Trinajstić information content (AvgIpc) is 3.40. The predicted molar refractivity (Wildman–Crippen MR) is 145 cm³/mol. The van der Waals surface area contributed by atoms with E-state index in [1.807, 2.05) is 18.2 Å². The number of nitrogens with zero attached hydrogens (tertiary/aromatic N) is 1. The molecule has 184 valence electrons. The van der Waals surface area contributed by atoms with Crippen LogP contribution in [0.3, 0.4) is 0 Å². The Labute approximate surface area is 213 Å². The molecule has 0 aliphatic rings. The van der Waals surface area contributed by atoms with E-state index < -0.39 is 7.92 Å². The zero-order valence-corrected chi connectivity index (χ0v) is 21.5. The first-order valence-corrected chi connectivity index (χ1v) is 13.3. The minimum absolute atomic E-state index is 0.246. The normalized spacial score (nSPS) is 10.9. The van der Waals surface area contributed by atoms with Gasteiger partial charge >= 0.3 is 11.9 Å². The van der Waals surface area contributed by atoms with Gasteiger partial charge < -0.3 is 14.0 Å². The Morgan fingerprint density at radius 3 is 1.64 bits per heavy atom. The van der Waals surface area contributed by atoms with Crippen molar-refractivity contribution in [2.24, 2.45) is 0 Å². The number of carbonyl (C=O) groups is 2. The number of hydrogen-bond acceptors (Lipinski definition) is 4. The second-order valence-corrected chi connectivity index (χ2v) is 10.5. The fourth-order valence-corrected chi connectivity index (χ4v) is 6.73. The summed E-state index contributed by atoms with van der Waals surface area (Å²) in [5, 5.41) is 2.50. The van der Waals surface area contributed by atoms with Gasteiger partial charge in [0.2, 0.25) is 0 Å². The van der Waals surface area contributed by atoms with E-state index >= 15 is 0 Å². The minimum Gasteiger partial charge on any atom is -0.469 e. The SMILES string of the molecule is COC(=O)CCc1cccc(CCC(=O)OC)c1-n1cccc1P(c1ccccc1)c1ccccc1. The molecule has 4 rings (SSSR count). The van der Waals surface area contributed by atoms with Crippen molar-refractivity contribution in [2.75, 3.05) is 14.2 Å². The van der Waals surface area contributed by atoms with Crippen LogP contribution in [0.25, 0.3) is 5.69 Å². The molecular weight excluding hydrogens is 469 g/mol. The van der Waals surface area contributed by atoms with Crippen LogP contribution >= 0.6 is 7.92 Å². The first kappa shape index (κ1) is 25.4. The van der Waals surface area contributed by atoms with Gasteiger partial charge in [-0.1, -0.05) is 78.9 Å². The molecule has 0 N–H and O–H groups in total. The Hall–Kier alpha value is -3.69. The van der Waals surface area contributed by atoms with Crippen LogP contribution in [-0.2, 0) is 31.9 Å². The maximum absolute atomic E-state index is 12.0. The number of rotatable bonds is 10. The highest BCUT2D eigenvalue weighted by atomic mass is 31.1. The van der Waals surface area contributed by atoms with Crippen LogP contribution in [0.5, 0.6) is 0 Å². The molecule has 0 saturated heterocycles. The van der Waals surface area contributed by atoms with Gasteiger partial charge in [0.05, 0.1) is 25.3 Å². The lowest BCUT2D eigenvalue weighted by Gasteiger charge is -2.24. The monoisotopic (exact) mass is 499 g/mol. The molecule has 6 heteroatoms. The zero-order valence-electron chi connectivity index (χ0n) is 20.6. The third-order valence-corrected chi connectivity index (χ3v) is 8.53. The van der Waals surface area contributed by atoms with Crippen molar-refractivity contribution in [3.8, 4) is 5.69 Å². The van der Waals surface area contributed by atoms with Crippen molar-refractivity contribution in [3.63, 3.8) is 0 Å². The van der Waals surface area contributed by atoms with Gasteiger partial charge in [-0.05, 0) is 46.7 Å². The maximum atomic E-state index is 12.0. The lowest BCUT2D eigenvalue weighted by Crippen LogP contribution is -2.26. The summed E-state index contributed by atoms with van der Waals surface area (Å²) in [4.78, 5) is 24.0. The van der Waals surface area contributed by atoms with Crippen LogP contribution < -0.4 is 16.0 Å².